The lowest BCUT2D eigenvalue weighted by Crippen LogP contribution is -2.50. The van der Waals surface area contributed by atoms with E-state index in [9.17, 15) is 4.79 Å². The predicted octanol–water partition coefficient (Wildman–Crippen LogP) is 3.23. The number of amides is 1. The van der Waals surface area contributed by atoms with E-state index in [0.717, 1.165) is 56.0 Å². The predicted molar refractivity (Wildman–Crippen MR) is 92.6 cm³/mol. The molecule has 2 aliphatic heterocycles. The Morgan fingerprint density at radius 3 is 2.58 bits per heavy atom. The number of nitrogens with zero attached hydrogens (tertiary/aromatic N) is 1. The van der Waals surface area contributed by atoms with Crippen molar-refractivity contribution < 1.29 is 9.21 Å². The molecule has 2 saturated heterocycles. The van der Waals surface area contributed by atoms with Crippen molar-refractivity contribution in [1.82, 2.24) is 10.2 Å². The number of furan rings is 1. The zero-order valence-electron chi connectivity index (χ0n) is 14.1. The van der Waals surface area contributed by atoms with Crippen molar-refractivity contribution in [3.8, 4) is 0 Å². The van der Waals surface area contributed by atoms with Crippen LogP contribution in [0.5, 0.6) is 0 Å². The molecule has 2 aromatic rings. The van der Waals surface area contributed by atoms with Crippen LogP contribution in [0.4, 0.5) is 0 Å². The summed E-state index contributed by atoms with van der Waals surface area (Å²) in [6.07, 6.45) is 2.95. The van der Waals surface area contributed by atoms with E-state index < -0.39 is 0 Å². The third-order valence-electron chi connectivity index (χ3n) is 5.49. The summed E-state index contributed by atoms with van der Waals surface area (Å²) >= 11 is 0. The number of carbonyl (C=O) groups excluding carboxylic acids is 1. The van der Waals surface area contributed by atoms with Crippen molar-refractivity contribution in [2.45, 2.75) is 44.2 Å². The van der Waals surface area contributed by atoms with Gasteiger partial charge in [0.05, 0.1) is 12.5 Å². The zero-order valence-corrected chi connectivity index (χ0v) is 14.1. The molecule has 1 aromatic heterocycles. The molecule has 24 heavy (non-hydrogen) atoms. The first-order valence-electron chi connectivity index (χ1n) is 8.78. The van der Waals surface area contributed by atoms with E-state index >= 15 is 0 Å². The van der Waals surface area contributed by atoms with Gasteiger partial charge >= 0.3 is 0 Å². The van der Waals surface area contributed by atoms with E-state index in [1.54, 1.807) is 0 Å². The Morgan fingerprint density at radius 1 is 1.17 bits per heavy atom. The minimum absolute atomic E-state index is 0.00507. The molecule has 4 nitrogen and oxygen atoms in total. The molecule has 2 fully saturated rings. The number of hydrogen-bond donors (Lipinski definition) is 1. The molecule has 0 saturated carbocycles. The van der Waals surface area contributed by atoms with Crippen molar-refractivity contribution >= 4 is 5.91 Å². The summed E-state index contributed by atoms with van der Waals surface area (Å²) in [5.41, 5.74) is 1.12. The molecule has 2 aliphatic rings. The first-order chi connectivity index (χ1) is 11.6. The second-order valence-corrected chi connectivity index (χ2v) is 7.23. The maximum atomic E-state index is 12.5. The van der Waals surface area contributed by atoms with Gasteiger partial charge in [0.25, 0.3) is 0 Å². The maximum absolute atomic E-state index is 12.5. The fourth-order valence-corrected chi connectivity index (χ4v) is 4.10. The highest BCUT2D eigenvalue weighted by atomic mass is 16.3. The van der Waals surface area contributed by atoms with E-state index in [2.05, 4.69) is 28.4 Å². The van der Waals surface area contributed by atoms with Gasteiger partial charge in [0.15, 0.2) is 0 Å². The molecular formula is C20H24N2O2. The molecule has 1 amide bonds. The van der Waals surface area contributed by atoms with Crippen molar-refractivity contribution in [3.63, 3.8) is 0 Å². The molecule has 0 unspecified atom stereocenters. The van der Waals surface area contributed by atoms with Crippen LogP contribution in [-0.4, -0.2) is 29.4 Å². The molecule has 1 N–H and O–H groups in total. The molecule has 1 aromatic carbocycles. The summed E-state index contributed by atoms with van der Waals surface area (Å²) in [5, 5.41) is 3.32. The number of rotatable bonds is 3. The molecule has 0 radical (unpaired) electrons. The lowest BCUT2D eigenvalue weighted by Gasteiger charge is -2.39. The van der Waals surface area contributed by atoms with E-state index in [4.69, 9.17) is 4.42 Å². The van der Waals surface area contributed by atoms with Gasteiger partial charge in [0.1, 0.15) is 11.5 Å². The van der Waals surface area contributed by atoms with Crippen molar-refractivity contribution in [2.24, 2.45) is 0 Å². The molecule has 126 valence electrons. The summed E-state index contributed by atoms with van der Waals surface area (Å²) in [6.45, 7) is 4.84. The van der Waals surface area contributed by atoms with Gasteiger partial charge in [0, 0.05) is 18.6 Å². The SMILES string of the molecule is Cc1ccc(CN2CCC3(CC2)C[C@H](c2ccccc2)C(=O)N3)o1. The van der Waals surface area contributed by atoms with E-state index in [1.807, 2.05) is 31.2 Å². The van der Waals surface area contributed by atoms with E-state index in [0.29, 0.717) is 0 Å². The smallest absolute Gasteiger partial charge is 0.228 e. The van der Waals surface area contributed by atoms with Gasteiger partial charge in [0.2, 0.25) is 5.91 Å². The Hall–Kier alpha value is -2.07. The first-order valence-corrected chi connectivity index (χ1v) is 8.78. The Morgan fingerprint density at radius 2 is 1.92 bits per heavy atom. The molecular weight excluding hydrogens is 300 g/mol. The molecule has 4 heteroatoms. The number of carbonyl (C=O) groups is 1. The Kier molecular flexibility index (Phi) is 3.93. The van der Waals surface area contributed by atoms with Gasteiger partial charge in [-0.05, 0) is 43.9 Å². The van der Waals surface area contributed by atoms with Gasteiger partial charge in [-0.25, -0.2) is 0 Å². The summed E-state index contributed by atoms with van der Waals surface area (Å²) < 4.78 is 5.68. The van der Waals surface area contributed by atoms with Gasteiger partial charge in [-0.15, -0.1) is 0 Å². The second kappa shape index (κ2) is 6.10. The number of piperidine rings is 1. The molecule has 4 rings (SSSR count). The molecule has 1 atom stereocenters. The third kappa shape index (κ3) is 2.98. The fraction of sp³-hybridized carbons (Fsp3) is 0.450. The van der Waals surface area contributed by atoms with Crippen LogP contribution in [0, 0.1) is 6.92 Å². The van der Waals surface area contributed by atoms with Crippen LogP contribution in [-0.2, 0) is 11.3 Å². The van der Waals surface area contributed by atoms with Crippen molar-refractivity contribution in [3.05, 3.63) is 59.5 Å². The summed E-state index contributed by atoms with van der Waals surface area (Å²) in [4.78, 5) is 14.9. The summed E-state index contributed by atoms with van der Waals surface area (Å²) in [7, 11) is 0. The highest BCUT2D eigenvalue weighted by Gasteiger charge is 2.46. The molecule has 1 spiro atoms. The number of hydrogen-bond acceptors (Lipinski definition) is 3. The quantitative estimate of drug-likeness (QED) is 0.943. The van der Waals surface area contributed by atoms with Gasteiger partial charge < -0.3 is 9.73 Å². The lowest BCUT2D eigenvalue weighted by molar-refractivity contribution is -0.121. The topological polar surface area (TPSA) is 45.5 Å². The number of likely N-dealkylation sites (tertiary alicyclic amines) is 1. The largest absolute Gasteiger partial charge is 0.465 e. The first kappa shape index (κ1) is 15.5. The molecule has 0 bridgehead atoms. The third-order valence-corrected chi connectivity index (χ3v) is 5.49. The van der Waals surface area contributed by atoms with Crippen LogP contribution in [0.15, 0.2) is 46.9 Å². The fourth-order valence-electron chi connectivity index (χ4n) is 4.10. The highest BCUT2D eigenvalue weighted by Crippen LogP contribution is 2.39. The minimum Gasteiger partial charge on any atom is -0.465 e. The van der Waals surface area contributed by atoms with Crippen LogP contribution >= 0.6 is 0 Å². The van der Waals surface area contributed by atoms with Crippen LogP contribution in [0.1, 0.15) is 42.3 Å². The van der Waals surface area contributed by atoms with Crippen LogP contribution < -0.4 is 5.32 Å². The monoisotopic (exact) mass is 324 g/mol. The lowest BCUT2D eigenvalue weighted by atomic mass is 9.82. The average Bonchev–Trinajstić information content (AvgIpc) is 3.14. The van der Waals surface area contributed by atoms with Gasteiger partial charge in [-0.1, -0.05) is 30.3 Å². The Bertz CT molecular complexity index is 714. The molecule has 0 aliphatic carbocycles. The normalized spacial score (nSPS) is 23.5. The number of nitrogens with one attached hydrogen (secondary N) is 1. The summed E-state index contributed by atoms with van der Waals surface area (Å²) in [6, 6.07) is 14.2. The van der Waals surface area contributed by atoms with Crippen LogP contribution in [0.25, 0.3) is 0 Å². The number of benzene rings is 1. The van der Waals surface area contributed by atoms with E-state index in [-0.39, 0.29) is 17.4 Å². The zero-order chi connectivity index (χ0) is 16.6. The highest BCUT2D eigenvalue weighted by molar-refractivity contribution is 5.87. The van der Waals surface area contributed by atoms with Crippen LogP contribution in [0.2, 0.25) is 0 Å². The van der Waals surface area contributed by atoms with Crippen LogP contribution in [0.3, 0.4) is 0 Å². The van der Waals surface area contributed by atoms with Crippen molar-refractivity contribution in [2.75, 3.05) is 13.1 Å². The standard InChI is InChI=1S/C20H24N2O2/c1-15-7-8-17(24-15)14-22-11-9-20(10-12-22)13-18(19(23)21-20)16-5-3-2-4-6-16/h2-8,18H,9-14H2,1H3,(H,21,23)/t18-/m1/s1. The average molecular weight is 324 g/mol. The second-order valence-electron chi connectivity index (χ2n) is 7.23. The number of aryl methyl sites for hydroxylation is 1. The Balaban J connectivity index is 1.39. The van der Waals surface area contributed by atoms with E-state index in [1.165, 1.54) is 0 Å². The molecule has 3 heterocycles. The minimum atomic E-state index is -0.0207. The van der Waals surface area contributed by atoms with Crippen molar-refractivity contribution in [1.29, 1.82) is 0 Å². The Labute approximate surface area is 142 Å². The van der Waals surface area contributed by atoms with Gasteiger partial charge in [-0.3, -0.25) is 9.69 Å². The van der Waals surface area contributed by atoms with Gasteiger partial charge in [-0.2, -0.15) is 0 Å². The maximum Gasteiger partial charge on any atom is 0.228 e. The summed E-state index contributed by atoms with van der Waals surface area (Å²) in [5.74, 6) is 2.19.